The van der Waals surface area contributed by atoms with Crippen molar-refractivity contribution in [3.05, 3.63) is 46.3 Å². The lowest BCUT2D eigenvalue weighted by Crippen LogP contribution is -2.15. The topological polar surface area (TPSA) is 92.7 Å². The number of thiophene rings is 1. The van der Waals surface area contributed by atoms with Crippen LogP contribution in [-0.2, 0) is 27.8 Å². The van der Waals surface area contributed by atoms with Gasteiger partial charge in [0.1, 0.15) is 5.00 Å². The quantitative estimate of drug-likeness (QED) is 0.892. The van der Waals surface area contributed by atoms with Crippen LogP contribution in [0.15, 0.2) is 35.2 Å². The van der Waals surface area contributed by atoms with E-state index in [1.165, 1.54) is 12.1 Å². The van der Waals surface area contributed by atoms with Crippen LogP contribution < -0.4 is 4.72 Å². The summed E-state index contributed by atoms with van der Waals surface area (Å²) in [6, 6.07) is 7.85. The van der Waals surface area contributed by atoms with Gasteiger partial charge in [0.25, 0.3) is 10.0 Å². The number of carbonyl (C=O) groups is 1. The predicted octanol–water partition coefficient (Wildman–Crippen LogP) is 2.32. The van der Waals surface area contributed by atoms with Crippen LogP contribution in [-0.4, -0.2) is 26.1 Å². The van der Waals surface area contributed by atoms with Crippen LogP contribution in [0.4, 0.5) is 5.00 Å². The first-order valence-electron chi connectivity index (χ1n) is 6.52. The zero-order chi connectivity index (χ0) is 15.7. The molecule has 2 aromatic rings. The molecule has 0 fully saturated rings. The summed E-state index contributed by atoms with van der Waals surface area (Å²) in [5.74, 6) is -1.13. The predicted molar refractivity (Wildman–Crippen MR) is 81.9 cm³/mol. The Hall–Kier alpha value is -1.90. The summed E-state index contributed by atoms with van der Waals surface area (Å²) in [6.45, 7) is 0.752. The number of hydrogen-bond acceptors (Lipinski definition) is 5. The molecule has 116 valence electrons. The first-order chi connectivity index (χ1) is 10.5. The van der Waals surface area contributed by atoms with Gasteiger partial charge in [-0.3, -0.25) is 4.72 Å². The average molecular weight is 339 g/mol. The first-order valence-corrected chi connectivity index (χ1v) is 8.82. The molecular weight excluding hydrogens is 326 g/mol. The Morgan fingerprint density at radius 3 is 2.68 bits per heavy atom. The van der Waals surface area contributed by atoms with Gasteiger partial charge in [-0.25, -0.2) is 13.2 Å². The Morgan fingerprint density at radius 2 is 2.00 bits per heavy atom. The second-order valence-electron chi connectivity index (χ2n) is 4.73. The van der Waals surface area contributed by atoms with Crippen LogP contribution >= 0.6 is 11.3 Å². The van der Waals surface area contributed by atoms with E-state index >= 15 is 0 Å². The Labute approximate surface area is 131 Å². The minimum Gasteiger partial charge on any atom is -0.478 e. The molecule has 0 spiro atoms. The number of sulfonamides is 1. The normalized spacial score (nSPS) is 14.4. The molecule has 0 radical (unpaired) electrons. The van der Waals surface area contributed by atoms with Crippen LogP contribution in [0.1, 0.15) is 20.8 Å². The summed E-state index contributed by atoms with van der Waals surface area (Å²) in [6.07, 6.45) is 0.473. The summed E-state index contributed by atoms with van der Waals surface area (Å²) in [4.78, 5) is 12.4. The number of anilines is 1. The number of nitrogens with one attached hydrogen (secondary N) is 1. The Bertz CT molecular complexity index is 811. The number of ether oxygens (including phenoxy) is 1. The molecule has 22 heavy (non-hydrogen) atoms. The lowest BCUT2D eigenvalue weighted by Gasteiger charge is -2.12. The van der Waals surface area contributed by atoms with Gasteiger partial charge in [0.2, 0.25) is 0 Å². The van der Waals surface area contributed by atoms with Gasteiger partial charge in [0, 0.05) is 4.88 Å². The zero-order valence-corrected chi connectivity index (χ0v) is 13.0. The summed E-state index contributed by atoms with van der Waals surface area (Å²) in [5, 5.41) is 9.54. The molecule has 8 heteroatoms. The maximum Gasteiger partial charge on any atom is 0.339 e. The van der Waals surface area contributed by atoms with Gasteiger partial charge in [-0.2, -0.15) is 0 Å². The summed E-state index contributed by atoms with van der Waals surface area (Å²) in [7, 11) is -3.81. The van der Waals surface area contributed by atoms with E-state index in [-0.39, 0.29) is 15.5 Å². The smallest absolute Gasteiger partial charge is 0.339 e. The third-order valence-electron chi connectivity index (χ3n) is 3.31. The van der Waals surface area contributed by atoms with Gasteiger partial charge in [-0.15, -0.1) is 11.3 Å². The molecule has 0 atom stereocenters. The molecule has 1 aliphatic heterocycles. The highest BCUT2D eigenvalue weighted by Gasteiger charge is 2.28. The average Bonchev–Trinajstić information content (AvgIpc) is 2.85. The highest BCUT2D eigenvalue weighted by molar-refractivity contribution is 7.93. The molecule has 1 aromatic carbocycles. The monoisotopic (exact) mass is 339 g/mol. The summed E-state index contributed by atoms with van der Waals surface area (Å²) < 4.78 is 32.4. The van der Waals surface area contributed by atoms with Crippen molar-refractivity contribution in [2.75, 3.05) is 11.3 Å². The van der Waals surface area contributed by atoms with Gasteiger partial charge in [0.05, 0.1) is 23.7 Å². The number of hydrogen-bond donors (Lipinski definition) is 2. The van der Waals surface area contributed by atoms with Crippen molar-refractivity contribution in [1.29, 1.82) is 0 Å². The Kier molecular flexibility index (Phi) is 3.90. The third kappa shape index (κ3) is 2.72. The largest absolute Gasteiger partial charge is 0.478 e. The molecule has 0 bridgehead atoms. The number of aromatic carboxylic acids is 1. The second kappa shape index (κ2) is 5.71. The van der Waals surface area contributed by atoms with Gasteiger partial charge in [-0.05, 0) is 24.1 Å². The molecule has 6 nitrogen and oxygen atoms in total. The molecular formula is C14H13NO5S2. The lowest BCUT2D eigenvalue weighted by atomic mass is 10.1. The zero-order valence-electron chi connectivity index (χ0n) is 11.4. The van der Waals surface area contributed by atoms with E-state index in [0.717, 1.165) is 16.2 Å². The Balaban J connectivity index is 2.02. The van der Waals surface area contributed by atoms with E-state index < -0.39 is 16.0 Å². The standard InChI is InChI=1S/C14H13NO5S2/c16-14(17)12-10-6-7-20-8-11(10)21-13(12)15-22(18,19)9-4-2-1-3-5-9/h1-5,15H,6-8H2,(H,16,17). The van der Waals surface area contributed by atoms with Gasteiger partial charge in [0.15, 0.2) is 0 Å². The molecule has 0 saturated heterocycles. The fourth-order valence-corrected chi connectivity index (χ4v) is 4.81. The van der Waals surface area contributed by atoms with Crippen molar-refractivity contribution < 1.29 is 23.1 Å². The molecule has 1 aromatic heterocycles. The maximum atomic E-state index is 12.4. The minimum atomic E-state index is -3.81. The lowest BCUT2D eigenvalue weighted by molar-refractivity contribution is 0.0693. The first kappa shape index (κ1) is 15.0. The Morgan fingerprint density at radius 1 is 1.27 bits per heavy atom. The molecule has 3 rings (SSSR count). The van der Waals surface area contributed by atoms with Crippen molar-refractivity contribution in [3.8, 4) is 0 Å². The van der Waals surface area contributed by atoms with Crippen LogP contribution in [0.3, 0.4) is 0 Å². The summed E-state index contributed by atoms with van der Waals surface area (Å²) >= 11 is 1.12. The number of benzene rings is 1. The minimum absolute atomic E-state index is 0.0304. The van der Waals surface area contributed by atoms with E-state index in [9.17, 15) is 18.3 Å². The maximum absolute atomic E-state index is 12.4. The van der Waals surface area contributed by atoms with Crippen molar-refractivity contribution in [1.82, 2.24) is 0 Å². The number of carboxylic acid groups (broad SMARTS) is 1. The van der Waals surface area contributed by atoms with Crippen LogP contribution in [0.5, 0.6) is 0 Å². The van der Waals surface area contributed by atoms with Gasteiger partial charge < -0.3 is 9.84 Å². The van der Waals surface area contributed by atoms with Crippen molar-refractivity contribution >= 4 is 32.3 Å². The molecule has 2 N–H and O–H groups in total. The van der Waals surface area contributed by atoms with Gasteiger partial charge >= 0.3 is 5.97 Å². The molecule has 0 saturated carbocycles. The van der Waals surface area contributed by atoms with E-state index in [1.807, 2.05) is 0 Å². The number of carboxylic acids is 1. The van der Waals surface area contributed by atoms with E-state index in [2.05, 4.69) is 4.72 Å². The highest BCUT2D eigenvalue weighted by atomic mass is 32.2. The molecule has 0 unspecified atom stereocenters. The fourth-order valence-electron chi connectivity index (χ4n) is 2.31. The number of rotatable bonds is 4. The molecule has 1 aliphatic rings. The number of fused-ring (bicyclic) bond motifs is 1. The van der Waals surface area contributed by atoms with E-state index in [4.69, 9.17) is 4.74 Å². The highest BCUT2D eigenvalue weighted by Crippen LogP contribution is 2.37. The fraction of sp³-hybridized carbons (Fsp3) is 0.214. The van der Waals surface area contributed by atoms with E-state index in [0.29, 0.717) is 25.2 Å². The molecule has 0 aliphatic carbocycles. The van der Waals surface area contributed by atoms with Crippen LogP contribution in [0.2, 0.25) is 0 Å². The van der Waals surface area contributed by atoms with Crippen LogP contribution in [0.25, 0.3) is 0 Å². The van der Waals surface area contributed by atoms with Crippen LogP contribution in [0, 0.1) is 0 Å². The van der Waals surface area contributed by atoms with Crippen molar-refractivity contribution in [3.63, 3.8) is 0 Å². The third-order valence-corrected chi connectivity index (χ3v) is 5.93. The second-order valence-corrected chi connectivity index (χ2v) is 7.52. The van der Waals surface area contributed by atoms with Crippen molar-refractivity contribution in [2.24, 2.45) is 0 Å². The van der Waals surface area contributed by atoms with Gasteiger partial charge in [-0.1, -0.05) is 18.2 Å². The van der Waals surface area contributed by atoms with E-state index in [1.54, 1.807) is 18.2 Å². The van der Waals surface area contributed by atoms with Crippen molar-refractivity contribution in [2.45, 2.75) is 17.9 Å². The SMILES string of the molecule is O=C(O)c1c(NS(=O)(=O)c2ccccc2)sc2c1CCOC2. The molecule has 0 amide bonds. The molecule has 2 heterocycles. The summed E-state index contributed by atoms with van der Waals surface area (Å²) in [5.41, 5.74) is 0.692.